The number of hydrogen-bond donors (Lipinski definition) is 0. The molecule has 17 heavy (non-hydrogen) atoms. The molecule has 2 heterocycles. The molecule has 1 aliphatic rings. The summed E-state index contributed by atoms with van der Waals surface area (Å²) in [6, 6.07) is 10.7. The number of hydrogen-bond acceptors (Lipinski definition) is 3. The first-order valence-electron chi connectivity index (χ1n) is 5.93. The third-order valence-electron chi connectivity index (χ3n) is 3.24. The molecule has 0 amide bonds. The van der Waals surface area contributed by atoms with Crippen molar-refractivity contribution in [2.24, 2.45) is 0 Å². The lowest BCUT2D eigenvalue weighted by atomic mass is 10.00. The van der Waals surface area contributed by atoms with Crippen LogP contribution in [-0.4, -0.2) is 16.5 Å². The van der Waals surface area contributed by atoms with Gasteiger partial charge in [-0.2, -0.15) is 0 Å². The molecule has 3 rings (SSSR count). The molecule has 0 saturated heterocycles. The van der Waals surface area contributed by atoms with E-state index in [4.69, 9.17) is 0 Å². The van der Waals surface area contributed by atoms with Crippen LogP contribution in [0, 0.1) is 6.92 Å². The summed E-state index contributed by atoms with van der Waals surface area (Å²) in [4.78, 5) is 10.8. The van der Waals surface area contributed by atoms with Gasteiger partial charge < -0.3 is 4.90 Å². The molecule has 1 aromatic heterocycles. The van der Waals surface area contributed by atoms with E-state index in [-0.39, 0.29) is 0 Å². The minimum Gasteiger partial charge on any atom is -0.352 e. The van der Waals surface area contributed by atoms with Gasteiger partial charge in [0.1, 0.15) is 12.1 Å². The van der Waals surface area contributed by atoms with Crippen molar-refractivity contribution < 1.29 is 0 Å². The van der Waals surface area contributed by atoms with Crippen LogP contribution in [0.4, 0.5) is 5.82 Å². The van der Waals surface area contributed by atoms with Crippen molar-refractivity contribution in [1.82, 2.24) is 9.97 Å². The zero-order valence-corrected chi connectivity index (χ0v) is 9.93. The molecule has 0 aliphatic carbocycles. The average molecular weight is 225 g/mol. The first-order chi connectivity index (χ1) is 8.33. The molecule has 0 atom stereocenters. The third-order valence-corrected chi connectivity index (χ3v) is 3.24. The molecule has 3 nitrogen and oxygen atoms in total. The first-order valence-corrected chi connectivity index (χ1v) is 5.93. The van der Waals surface area contributed by atoms with Crippen molar-refractivity contribution in [3.8, 4) is 0 Å². The summed E-state index contributed by atoms with van der Waals surface area (Å²) in [5.74, 6) is 1.03. The fourth-order valence-electron chi connectivity index (χ4n) is 2.30. The lowest BCUT2D eigenvalue weighted by Crippen LogP contribution is -2.31. The highest BCUT2D eigenvalue weighted by molar-refractivity contribution is 5.44. The first kappa shape index (κ1) is 10.3. The van der Waals surface area contributed by atoms with Gasteiger partial charge in [0.15, 0.2) is 0 Å². The number of nitrogens with zero attached hydrogens (tertiary/aromatic N) is 3. The maximum atomic E-state index is 4.35. The van der Waals surface area contributed by atoms with E-state index < -0.39 is 0 Å². The van der Waals surface area contributed by atoms with Crippen molar-refractivity contribution in [3.05, 3.63) is 53.5 Å². The second-order valence-electron chi connectivity index (χ2n) is 4.46. The normalized spacial score (nSPS) is 14.5. The highest BCUT2D eigenvalue weighted by Crippen LogP contribution is 2.22. The van der Waals surface area contributed by atoms with Gasteiger partial charge in [0, 0.05) is 24.8 Å². The van der Waals surface area contributed by atoms with Crippen molar-refractivity contribution in [2.75, 3.05) is 11.4 Å². The van der Waals surface area contributed by atoms with Crippen LogP contribution in [0.25, 0.3) is 0 Å². The van der Waals surface area contributed by atoms with Crippen LogP contribution < -0.4 is 4.90 Å². The zero-order valence-electron chi connectivity index (χ0n) is 9.93. The molecule has 1 aromatic carbocycles. The maximum absolute atomic E-state index is 4.35. The average Bonchev–Trinajstić information content (AvgIpc) is 2.38. The third kappa shape index (κ3) is 2.00. The smallest absolute Gasteiger partial charge is 0.132 e. The summed E-state index contributed by atoms with van der Waals surface area (Å²) in [7, 11) is 0. The molecule has 86 valence electrons. The number of fused-ring (bicyclic) bond motifs is 1. The fourth-order valence-corrected chi connectivity index (χ4v) is 2.30. The molecule has 0 saturated carbocycles. The Bertz CT molecular complexity index is 536. The topological polar surface area (TPSA) is 29.0 Å². The lowest BCUT2D eigenvalue weighted by Gasteiger charge is -2.29. The predicted molar refractivity (Wildman–Crippen MR) is 68.0 cm³/mol. The van der Waals surface area contributed by atoms with E-state index in [9.17, 15) is 0 Å². The summed E-state index contributed by atoms with van der Waals surface area (Å²) < 4.78 is 0. The van der Waals surface area contributed by atoms with Crippen molar-refractivity contribution in [1.29, 1.82) is 0 Å². The Morgan fingerprint density at radius 2 is 1.94 bits per heavy atom. The minimum absolute atomic E-state index is 0.951. The van der Waals surface area contributed by atoms with Crippen LogP contribution in [0.1, 0.15) is 16.8 Å². The van der Waals surface area contributed by atoms with Gasteiger partial charge in [0.25, 0.3) is 0 Å². The number of rotatable bonds is 1. The van der Waals surface area contributed by atoms with Gasteiger partial charge in [-0.3, -0.25) is 0 Å². The molecule has 0 N–H and O–H groups in total. The van der Waals surface area contributed by atoms with Gasteiger partial charge in [-0.05, 0) is 24.5 Å². The maximum Gasteiger partial charge on any atom is 0.132 e. The highest BCUT2D eigenvalue weighted by atomic mass is 15.2. The van der Waals surface area contributed by atoms with Crippen LogP contribution in [0.3, 0.4) is 0 Å². The summed E-state index contributed by atoms with van der Waals surface area (Å²) >= 11 is 0. The molecular weight excluding hydrogens is 210 g/mol. The molecular formula is C14H15N3. The van der Waals surface area contributed by atoms with Gasteiger partial charge in [-0.25, -0.2) is 9.97 Å². The van der Waals surface area contributed by atoms with Crippen LogP contribution in [0.15, 0.2) is 36.7 Å². The Morgan fingerprint density at radius 3 is 2.76 bits per heavy atom. The summed E-state index contributed by atoms with van der Waals surface area (Å²) in [6.45, 7) is 3.99. The van der Waals surface area contributed by atoms with Crippen molar-refractivity contribution in [2.45, 2.75) is 19.9 Å². The highest BCUT2D eigenvalue weighted by Gasteiger charge is 2.16. The molecule has 2 aromatic rings. The van der Waals surface area contributed by atoms with Crippen LogP contribution in [0.2, 0.25) is 0 Å². The Hall–Kier alpha value is -1.90. The number of aromatic nitrogens is 2. The minimum atomic E-state index is 0.951. The summed E-state index contributed by atoms with van der Waals surface area (Å²) in [6.07, 6.45) is 2.74. The van der Waals surface area contributed by atoms with Crippen LogP contribution in [0.5, 0.6) is 0 Å². The van der Waals surface area contributed by atoms with Crippen LogP contribution >= 0.6 is 0 Å². The summed E-state index contributed by atoms with van der Waals surface area (Å²) in [5.41, 5.74) is 3.90. The van der Waals surface area contributed by atoms with E-state index >= 15 is 0 Å². The second-order valence-corrected chi connectivity index (χ2v) is 4.46. The van der Waals surface area contributed by atoms with Crippen molar-refractivity contribution >= 4 is 5.82 Å². The van der Waals surface area contributed by atoms with Crippen LogP contribution in [-0.2, 0) is 13.0 Å². The van der Waals surface area contributed by atoms with E-state index in [1.54, 1.807) is 6.33 Å². The molecule has 0 bridgehead atoms. The van der Waals surface area contributed by atoms with E-state index in [0.29, 0.717) is 0 Å². The SMILES string of the molecule is Cc1cc(N2CCc3ccccc3C2)ncn1. The standard InChI is InChI=1S/C14H15N3/c1-11-8-14(16-10-15-11)17-7-6-12-4-2-3-5-13(12)9-17/h2-5,8,10H,6-7,9H2,1H3. The lowest BCUT2D eigenvalue weighted by molar-refractivity contribution is 0.718. The number of anilines is 1. The van der Waals surface area contributed by atoms with E-state index in [1.165, 1.54) is 11.1 Å². The molecule has 0 spiro atoms. The monoisotopic (exact) mass is 225 g/mol. The number of benzene rings is 1. The van der Waals surface area contributed by atoms with E-state index in [0.717, 1.165) is 31.0 Å². The largest absolute Gasteiger partial charge is 0.352 e. The molecule has 0 radical (unpaired) electrons. The van der Waals surface area contributed by atoms with E-state index in [1.807, 2.05) is 13.0 Å². The quantitative estimate of drug-likeness (QED) is 0.746. The van der Waals surface area contributed by atoms with E-state index in [2.05, 4.69) is 39.1 Å². The number of aryl methyl sites for hydroxylation is 1. The molecule has 0 unspecified atom stereocenters. The molecule has 3 heteroatoms. The Kier molecular flexibility index (Phi) is 2.52. The van der Waals surface area contributed by atoms with Gasteiger partial charge in [-0.1, -0.05) is 24.3 Å². The van der Waals surface area contributed by atoms with Gasteiger partial charge in [0.2, 0.25) is 0 Å². The molecule has 0 fully saturated rings. The Morgan fingerprint density at radius 1 is 1.12 bits per heavy atom. The Balaban J connectivity index is 1.89. The second kappa shape index (κ2) is 4.17. The predicted octanol–water partition coefficient (Wildman–Crippen LogP) is 2.35. The summed E-state index contributed by atoms with van der Waals surface area (Å²) in [5, 5.41) is 0. The zero-order chi connectivity index (χ0) is 11.7. The van der Waals surface area contributed by atoms with Gasteiger partial charge in [0.05, 0.1) is 0 Å². The Labute approximate surface area is 101 Å². The van der Waals surface area contributed by atoms with Gasteiger partial charge in [-0.15, -0.1) is 0 Å². The molecule has 1 aliphatic heterocycles. The van der Waals surface area contributed by atoms with Crippen molar-refractivity contribution in [3.63, 3.8) is 0 Å². The fraction of sp³-hybridized carbons (Fsp3) is 0.286. The van der Waals surface area contributed by atoms with Gasteiger partial charge >= 0.3 is 0 Å².